The van der Waals surface area contributed by atoms with E-state index in [-0.39, 0.29) is 30.7 Å². The van der Waals surface area contributed by atoms with E-state index in [0.29, 0.717) is 27.0 Å². The van der Waals surface area contributed by atoms with Gasteiger partial charge in [-0.2, -0.15) is 0 Å². The average Bonchev–Trinajstić information content (AvgIpc) is 3.24. The second kappa shape index (κ2) is 11.1. The number of rotatable bonds is 4. The van der Waals surface area contributed by atoms with Crippen LogP contribution >= 0.6 is 23.2 Å². The molecule has 0 bridgehead atoms. The molecule has 0 saturated carbocycles. The Morgan fingerprint density at radius 2 is 1.79 bits per heavy atom. The minimum absolute atomic E-state index is 0.0662. The highest BCUT2D eigenvalue weighted by molar-refractivity contribution is 6.35. The van der Waals surface area contributed by atoms with Gasteiger partial charge in [-0.15, -0.1) is 5.10 Å². The lowest BCUT2D eigenvalue weighted by atomic mass is 9.99. The molecule has 3 aromatic rings. The van der Waals surface area contributed by atoms with Gasteiger partial charge < -0.3 is 9.64 Å². The van der Waals surface area contributed by atoms with Crippen molar-refractivity contribution >= 4 is 46.9 Å². The van der Waals surface area contributed by atoms with Crippen molar-refractivity contribution in [3.63, 3.8) is 0 Å². The van der Waals surface area contributed by atoms with Gasteiger partial charge >= 0.3 is 6.09 Å². The number of nitrogens with zero attached hydrogens (tertiary/aromatic N) is 4. The lowest BCUT2D eigenvalue weighted by Gasteiger charge is -2.29. The van der Waals surface area contributed by atoms with Crippen LogP contribution in [0.3, 0.4) is 0 Å². The molecule has 198 valence electrons. The zero-order valence-electron chi connectivity index (χ0n) is 20.7. The summed E-state index contributed by atoms with van der Waals surface area (Å²) in [5, 5.41) is 7.27. The molecular formula is C27H26Cl2FN5O3. The summed E-state index contributed by atoms with van der Waals surface area (Å²) >= 11 is 12.7. The smallest absolute Gasteiger partial charge is 0.388 e. The van der Waals surface area contributed by atoms with Crippen LogP contribution in [0, 0.1) is 5.82 Å². The molecule has 2 aromatic carbocycles. The summed E-state index contributed by atoms with van der Waals surface area (Å²) in [5.41, 5.74) is 5.95. The molecule has 1 fully saturated rings. The number of hydrogen-bond donors (Lipinski definition) is 1. The Bertz CT molecular complexity index is 1400. The Labute approximate surface area is 229 Å². The number of fused-ring (bicyclic) bond motifs is 1. The van der Waals surface area contributed by atoms with Gasteiger partial charge in [0.2, 0.25) is 11.8 Å². The van der Waals surface area contributed by atoms with Crippen LogP contribution in [0.1, 0.15) is 43.0 Å². The number of aromatic nitrogens is 2. The number of hydrogen-bond acceptors (Lipinski definition) is 5. The van der Waals surface area contributed by atoms with Crippen LogP contribution in [0.5, 0.6) is 5.88 Å². The monoisotopic (exact) mass is 557 g/mol. The second-order valence-corrected chi connectivity index (χ2v) is 10.1. The zero-order chi connectivity index (χ0) is 26.8. The van der Waals surface area contributed by atoms with E-state index >= 15 is 0 Å². The number of benzene rings is 2. The summed E-state index contributed by atoms with van der Waals surface area (Å²) in [7, 11) is 0. The summed E-state index contributed by atoms with van der Waals surface area (Å²) in [5.74, 6) is -0.437. The molecule has 5 rings (SSSR count). The largest absolute Gasteiger partial charge is 0.428 e. The van der Waals surface area contributed by atoms with Crippen LogP contribution < -0.4 is 10.2 Å². The Morgan fingerprint density at radius 3 is 2.47 bits per heavy atom. The van der Waals surface area contributed by atoms with Crippen molar-refractivity contribution in [3.05, 3.63) is 75.1 Å². The van der Waals surface area contributed by atoms with Crippen molar-refractivity contribution < 1.29 is 18.7 Å². The molecular weight excluding hydrogens is 532 g/mol. The fourth-order valence-electron chi connectivity index (χ4n) is 4.68. The van der Waals surface area contributed by atoms with Crippen LogP contribution in [0.2, 0.25) is 10.0 Å². The third kappa shape index (κ3) is 5.70. The first kappa shape index (κ1) is 26.2. The standard InChI is InChI=1S/C27H26Cl2FN5O3/c1-17(36)33-15-19(13-18-5-8-21(30)9-6-18)25-22(16-33)26(38-27(37)32-34-11-3-2-4-12-34)31-35(25)24-10-7-20(28)14-23(24)29/h5-10,13-14H,2-4,11-12,15-16H2,1H3,(H,32,37)/b19-13+. The summed E-state index contributed by atoms with van der Waals surface area (Å²) in [6.07, 6.45) is 4.30. The van der Waals surface area contributed by atoms with E-state index < -0.39 is 6.09 Å². The Hall–Kier alpha value is -3.40. The summed E-state index contributed by atoms with van der Waals surface area (Å²) in [6, 6.07) is 11.0. The van der Waals surface area contributed by atoms with Crippen LogP contribution in [0.15, 0.2) is 42.5 Å². The molecule has 0 unspecified atom stereocenters. The van der Waals surface area contributed by atoms with Crippen molar-refractivity contribution in [1.82, 2.24) is 25.1 Å². The molecule has 1 N–H and O–H groups in total. The molecule has 1 aromatic heterocycles. The SMILES string of the molecule is CC(=O)N1C/C(=C\c2ccc(F)cc2)c2c(c(OC(=O)NN3CCCCC3)nn2-c2ccc(Cl)cc2Cl)C1. The minimum Gasteiger partial charge on any atom is -0.388 e. The van der Waals surface area contributed by atoms with E-state index in [1.165, 1.54) is 19.1 Å². The van der Waals surface area contributed by atoms with Gasteiger partial charge in [0.1, 0.15) is 5.82 Å². The van der Waals surface area contributed by atoms with E-state index in [9.17, 15) is 14.0 Å². The maximum absolute atomic E-state index is 13.6. The lowest BCUT2D eigenvalue weighted by molar-refractivity contribution is -0.128. The third-order valence-electron chi connectivity index (χ3n) is 6.55. The summed E-state index contributed by atoms with van der Waals surface area (Å²) < 4.78 is 20.9. The Kier molecular flexibility index (Phi) is 7.69. The highest BCUT2D eigenvalue weighted by Crippen LogP contribution is 2.38. The van der Waals surface area contributed by atoms with Crippen molar-refractivity contribution in [3.8, 4) is 11.6 Å². The van der Waals surface area contributed by atoms with E-state index in [1.807, 2.05) is 11.1 Å². The maximum Gasteiger partial charge on any atom is 0.428 e. The fraction of sp³-hybridized carbons (Fsp3) is 0.296. The van der Waals surface area contributed by atoms with Crippen LogP contribution in [-0.4, -0.2) is 51.3 Å². The lowest BCUT2D eigenvalue weighted by Crippen LogP contribution is -2.46. The predicted molar refractivity (Wildman–Crippen MR) is 144 cm³/mol. The summed E-state index contributed by atoms with van der Waals surface area (Å²) in [6.45, 7) is 3.42. The number of halogens is 3. The third-order valence-corrected chi connectivity index (χ3v) is 7.09. The van der Waals surface area contributed by atoms with Gasteiger partial charge in [-0.3, -0.25) is 10.2 Å². The first-order valence-electron chi connectivity index (χ1n) is 12.3. The van der Waals surface area contributed by atoms with Crippen LogP contribution in [-0.2, 0) is 11.3 Å². The number of amides is 2. The molecule has 0 radical (unpaired) electrons. The number of hydrazine groups is 1. The van der Waals surface area contributed by atoms with Gasteiger partial charge in [0.05, 0.1) is 28.5 Å². The topological polar surface area (TPSA) is 79.7 Å². The average molecular weight is 558 g/mol. The maximum atomic E-state index is 13.6. The van der Waals surface area contributed by atoms with Gasteiger partial charge in [0.25, 0.3) is 0 Å². The van der Waals surface area contributed by atoms with Gasteiger partial charge in [-0.25, -0.2) is 18.9 Å². The van der Waals surface area contributed by atoms with E-state index in [4.69, 9.17) is 27.9 Å². The van der Waals surface area contributed by atoms with Gasteiger partial charge in [-0.1, -0.05) is 41.8 Å². The number of ether oxygens (including phenoxy) is 1. The van der Waals surface area contributed by atoms with E-state index in [0.717, 1.165) is 43.5 Å². The Morgan fingerprint density at radius 1 is 1.05 bits per heavy atom. The molecule has 1 saturated heterocycles. The van der Waals surface area contributed by atoms with E-state index in [2.05, 4.69) is 10.5 Å². The van der Waals surface area contributed by atoms with Crippen molar-refractivity contribution in [2.45, 2.75) is 32.7 Å². The zero-order valence-corrected chi connectivity index (χ0v) is 22.2. The number of nitrogens with one attached hydrogen (secondary N) is 1. The molecule has 0 aliphatic carbocycles. The molecule has 38 heavy (non-hydrogen) atoms. The Balaban J connectivity index is 1.61. The van der Waals surface area contributed by atoms with Crippen molar-refractivity contribution in [2.75, 3.05) is 19.6 Å². The van der Waals surface area contributed by atoms with Gasteiger partial charge in [0, 0.05) is 31.6 Å². The van der Waals surface area contributed by atoms with Crippen molar-refractivity contribution in [1.29, 1.82) is 0 Å². The predicted octanol–water partition coefficient (Wildman–Crippen LogP) is 5.71. The fourth-order valence-corrected chi connectivity index (χ4v) is 5.17. The first-order valence-corrected chi connectivity index (χ1v) is 13.1. The first-order chi connectivity index (χ1) is 18.3. The second-order valence-electron chi connectivity index (χ2n) is 9.29. The molecule has 0 atom stereocenters. The van der Waals surface area contributed by atoms with Crippen molar-refractivity contribution in [2.24, 2.45) is 0 Å². The van der Waals surface area contributed by atoms with Crippen LogP contribution in [0.25, 0.3) is 17.3 Å². The van der Waals surface area contributed by atoms with E-state index in [1.54, 1.807) is 39.9 Å². The molecule has 0 spiro atoms. The molecule has 2 aliphatic rings. The van der Waals surface area contributed by atoms with Gasteiger partial charge in [-0.05, 0) is 60.4 Å². The quantitative estimate of drug-likeness (QED) is 0.444. The number of piperidine rings is 1. The number of carbonyl (C=O) groups excluding carboxylic acids is 2. The molecule has 3 heterocycles. The number of carbonyl (C=O) groups is 2. The highest BCUT2D eigenvalue weighted by atomic mass is 35.5. The molecule has 8 nitrogen and oxygen atoms in total. The molecule has 2 aliphatic heterocycles. The molecule has 2 amide bonds. The minimum atomic E-state index is -0.662. The normalized spacial score (nSPS) is 16.8. The highest BCUT2D eigenvalue weighted by Gasteiger charge is 2.33. The van der Waals surface area contributed by atoms with Gasteiger partial charge in [0.15, 0.2) is 0 Å². The van der Waals surface area contributed by atoms with Crippen LogP contribution in [0.4, 0.5) is 9.18 Å². The summed E-state index contributed by atoms with van der Waals surface area (Å²) in [4.78, 5) is 26.9. The molecule has 11 heteroatoms.